The second-order valence-electron chi connectivity index (χ2n) is 4.54. The van der Waals surface area contributed by atoms with Crippen molar-refractivity contribution in [1.82, 2.24) is 4.98 Å². The van der Waals surface area contributed by atoms with Crippen LogP contribution in [-0.2, 0) is 0 Å². The zero-order chi connectivity index (χ0) is 11.4. The third-order valence-electron chi connectivity index (χ3n) is 3.31. The van der Waals surface area contributed by atoms with Gasteiger partial charge in [-0.05, 0) is 30.9 Å². The first-order valence-electron chi connectivity index (χ1n) is 5.87. The van der Waals surface area contributed by atoms with E-state index in [4.69, 9.17) is 5.26 Å². The van der Waals surface area contributed by atoms with Crippen LogP contribution in [0.1, 0.15) is 31.4 Å². The number of aromatic nitrogens is 1. The Hall–Kier alpha value is -1.56. The van der Waals surface area contributed by atoms with Gasteiger partial charge in [-0.25, -0.2) is 4.98 Å². The first-order valence-corrected chi connectivity index (χ1v) is 5.87. The van der Waals surface area contributed by atoms with Crippen molar-refractivity contribution in [1.29, 1.82) is 5.26 Å². The van der Waals surface area contributed by atoms with E-state index in [1.807, 2.05) is 12.1 Å². The van der Waals surface area contributed by atoms with Gasteiger partial charge in [-0.15, -0.1) is 0 Å². The van der Waals surface area contributed by atoms with Crippen LogP contribution in [0.3, 0.4) is 0 Å². The maximum Gasteiger partial charge on any atom is 0.142 e. The summed E-state index contributed by atoms with van der Waals surface area (Å²) in [5.41, 5.74) is 1.59. The van der Waals surface area contributed by atoms with Gasteiger partial charge >= 0.3 is 0 Å². The molecular formula is C13H17N3. The highest BCUT2D eigenvalue weighted by molar-refractivity contribution is 5.48. The topological polar surface area (TPSA) is 39.9 Å². The van der Waals surface area contributed by atoms with Crippen molar-refractivity contribution < 1.29 is 0 Å². The highest BCUT2D eigenvalue weighted by Crippen LogP contribution is 2.26. The van der Waals surface area contributed by atoms with E-state index in [2.05, 4.69) is 23.0 Å². The normalized spacial score (nSPS) is 16.0. The molecule has 0 radical (unpaired) electrons. The molecule has 0 amide bonds. The van der Waals surface area contributed by atoms with E-state index in [1.165, 1.54) is 25.7 Å². The molecule has 1 saturated carbocycles. The maximum absolute atomic E-state index is 8.80. The Morgan fingerprint density at radius 1 is 1.50 bits per heavy atom. The molecule has 1 aliphatic carbocycles. The molecule has 84 valence electrons. The average molecular weight is 215 g/mol. The Labute approximate surface area is 96.7 Å². The molecule has 1 aromatic rings. The molecule has 1 aromatic heterocycles. The zero-order valence-corrected chi connectivity index (χ0v) is 9.69. The quantitative estimate of drug-likeness (QED) is 0.778. The summed E-state index contributed by atoms with van der Waals surface area (Å²) >= 11 is 0. The van der Waals surface area contributed by atoms with Crippen molar-refractivity contribution in [3.05, 3.63) is 24.0 Å². The minimum Gasteiger partial charge on any atom is -0.374 e. The van der Waals surface area contributed by atoms with Crippen LogP contribution in [0.15, 0.2) is 18.3 Å². The van der Waals surface area contributed by atoms with Crippen LogP contribution in [0.4, 0.5) is 5.69 Å². The summed E-state index contributed by atoms with van der Waals surface area (Å²) < 4.78 is 0. The van der Waals surface area contributed by atoms with Crippen LogP contribution in [0, 0.1) is 17.2 Å². The highest BCUT2D eigenvalue weighted by Gasteiger charge is 2.17. The molecule has 1 aliphatic rings. The predicted molar refractivity (Wildman–Crippen MR) is 64.2 cm³/mol. The fraction of sp³-hybridized carbons (Fsp3) is 0.538. The molecule has 0 bridgehead atoms. The molecule has 3 heteroatoms. The molecular weight excluding hydrogens is 198 g/mol. The Morgan fingerprint density at radius 2 is 2.25 bits per heavy atom. The average Bonchev–Trinajstić information content (AvgIpc) is 2.82. The smallest absolute Gasteiger partial charge is 0.142 e. The number of hydrogen-bond acceptors (Lipinski definition) is 3. The molecule has 1 fully saturated rings. The van der Waals surface area contributed by atoms with E-state index >= 15 is 0 Å². The predicted octanol–water partition coefficient (Wildman–Crippen LogP) is 2.58. The van der Waals surface area contributed by atoms with Gasteiger partial charge in [0.25, 0.3) is 0 Å². The summed E-state index contributed by atoms with van der Waals surface area (Å²) in [5, 5.41) is 8.80. The fourth-order valence-electron chi connectivity index (χ4n) is 2.40. The third-order valence-corrected chi connectivity index (χ3v) is 3.31. The fourth-order valence-corrected chi connectivity index (χ4v) is 2.40. The van der Waals surface area contributed by atoms with Gasteiger partial charge in [0.2, 0.25) is 0 Å². The largest absolute Gasteiger partial charge is 0.374 e. The monoisotopic (exact) mass is 215 g/mol. The number of pyridine rings is 1. The molecule has 0 atom stereocenters. The Morgan fingerprint density at radius 3 is 2.94 bits per heavy atom. The van der Waals surface area contributed by atoms with E-state index in [1.54, 1.807) is 6.20 Å². The van der Waals surface area contributed by atoms with Crippen molar-refractivity contribution in [2.45, 2.75) is 25.7 Å². The van der Waals surface area contributed by atoms with Gasteiger partial charge < -0.3 is 4.90 Å². The second-order valence-corrected chi connectivity index (χ2v) is 4.54. The number of nitriles is 1. The van der Waals surface area contributed by atoms with Crippen LogP contribution >= 0.6 is 0 Å². The van der Waals surface area contributed by atoms with Gasteiger partial charge in [-0.1, -0.05) is 12.8 Å². The van der Waals surface area contributed by atoms with Gasteiger partial charge in [0.15, 0.2) is 0 Å². The highest BCUT2D eigenvalue weighted by atomic mass is 15.1. The van der Waals surface area contributed by atoms with E-state index in [0.29, 0.717) is 5.69 Å². The van der Waals surface area contributed by atoms with Crippen molar-refractivity contribution in [2.24, 2.45) is 5.92 Å². The molecule has 2 rings (SSSR count). The zero-order valence-electron chi connectivity index (χ0n) is 9.69. The lowest BCUT2D eigenvalue weighted by Crippen LogP contribution is -2.24. The Balaban J connectivity index is 2.02. The summed E-state index contributed by atoms with van der Waals surface area (Å²) in [6.45, 7) is 1.09. The molecule has 0 unspecified atom stereocenters. The number of rotatable bonds is 3. The second kappa shape index (κ2) is 4.98. The molecule has 0 saturated heterocycles. The van der Waals surface area contributed by atoms with Gasteiger partial charge in [0.05, 0.1) is 0 Å². The van der Waals surface area contributed by atoms with Crippen LogP contribution in [0.5, 0.6) is 0 Å². The summed E-state index contributed by atoms with van der Waals surface area (Å²) in [6.07, 6.45) is 7.15. The summed E-state index contributed by atoms with van der Waals surface area (Å²) in [7, 11) is 2.09. The summed E-state index contributed by atoms with van der Waals surface area (Å²) in [5.74, 6) is 0.823. The molecule has 0 N–H and O–H groups in total. The van der Waals surface area contributed by atoms with Crippen molar-refractivity contribution in [3.63, 3.8) is 0 Å². The van der Waals surface area contributed by atoms with E-state index in [-0.39, 0.29) is 0 Å². The van der Waals surface area contributed by atoms with Gasteiger partial charge in [-0.3, -0.25) is 0 Å². The lowest BCUT2D eigenvalue weighted by molar-refractivity contribution is 0.547. The van der Waals surface area contributed by atoms with Crippen molar-refractivity contribution in [2.75, 3.05) is 18.5 Å². The number of nitrogens with zero attached hydrogens (tertiary/aromatic N) is 3. The lowest BCUT2D eigenvalue weighted by atomic mass is 10.1. The van der Waals surface area contributed by atoms with Crippen LogP contribution in [-0.4, -0.2) is 18.6 Å². The van der Waals surface area contributed by atoms with E-state index < -0.39 is 0 Å². The summed E-state index contributed by atoms with van der Waals surface area (Å²) in [6, 6.07) is 5.90. The molecule has 0 aliphatic heterocycles. The van der Waals surface area contributed by atoms with Crippen molar-refractivity contribution in [3.8, 4) is 6.07 Å². The van der Waals surface area contributed by atoms with Crippen LogP contribution in [0.25, 0.3) is 0 Å². The third kappa shape index (κ3) is 2.52. The first kappa shape index (κ1) is 10.9. The van der Waals surface area contributed by atoms with Crippen molar-refractivity contribution >= 4 is 5.69 Å². The Kier molecular flexibility index (Phi) is 3.40. The molecule has 3 nitrogen and oxygen atoms in total. The standard InChI is InChI=1S/C13H17N3/c1-16(10-11-4-2-3-5-11)13-6-7-15-12(8-13)9-14/h6-8,11H,2-5,10H2,1H3. The van der Waals surface area contributed by atoms with Gasteiger partial charge in [0, 0.05) is 25.5 Å². The lowest BCUT2D eigenvalue weighted by Gasteiger charge is -2.22. The SMILES string of the molecule is CN(CC1CCCC1)c1ccnc(C#N)c1. The molecule has 1 heterocycles. The minimum absolute atomic E-state index is 0.496. The number of hydrogen-bond donors (Lipinski definition) is 0. The Bertz CT molecular complexity index is 388. The summed E-state index contributed by atoms with van der Waals surface area (Å²) in [4.78, 5) is 6.22. The van der Waals surface area contributed by atoms with Gasteiger partial charge in [0.1, 0.15) is 11.8 Å². The van der Waals surface area contributed by atoms with E-state index in [0.717, 1.165) is 18.2 Å². The molecule has 0 aromatic carbocycles. The van der Waals surface area contributed by atoms with Crippen LogP contribution < -0.4 is 4.90 Å². The maximum atomic E-state index is 8.80. The minimum atomic E-state index is 0.496. The number of anilines is 1. The van der Waals surface area contributed by atoms with E-state index in [9.17, 15) is 0 Å². The molecule has 0 spiro atoms. The van der Waals surface area contributed by atoms with Gasteiger partial charge in [-0.2, -0.15) is 5.26 Å². The van der Waals surface area contributed by atoms with Crippen LogP contribution in [0.2, 0.25) is 0 Å². The molecule has 16 heavy (non-hydrogen) atoms. The first-order chi connectivity index (χ1) is 7.79.